The van der Waals surface area contributed by atoms with Crippen molar-refractivity contribution in [3.8, 4) is 0 Å². The fourth-order valence-corrected chi connectivity index (χ4v) is 1.93. The van der Waals surface area contributed by atoms with E-state index in [-0.39, 0.29) is 0 Å². The van der Waals surface area contributed by atoms with Crippen LogP contribution < -0.4 is 5.73 Å². The normalized spacial score (nSPS) is 11.1. The zero-order valence-electron chi connectivity index (χ0n) is 10.7. The molecule has 0 aliphatic rings. The molecule has 0 spiro atoms. The first kappa shape index (κ1) is 12.8. The largest absolute Gasteiger partial charge is 0.448 e. The first-order valence-corrected chi connectivity index (χ1v) is 6.15. The summed E-state index contributed by atoms with van der Waals surface area (Å²) in [6.45, 7) is 5.08. The maximum Gasteiger partial charge on any atom is 0.181 e. The highest BCUT2D eigenvalue weighted by Crippen LogP contribution is 2.11. The van der Waals surface area contributed by atoms with E-state index in [4.69, 9.17) is 10.2 Å². The Balaban J connectivity index is 2.02. The number of hydrogen-bond acceptors (Lipinski definition) is 4. The van der Waals surface area contributed by atoms with Crippen molar-refractivity contribution >= 4 is 0 Å². The summed E-state index contributed by atoms with van der Waals surface area (Å²) < 4.78 is 5.22. The lowest BCUT2D eigenvalue weighted by molar-refractivity contribution is 0.260. The lowest BCUT2D eigenvalue weighted by Gasteiger charge is -2.20. The van der Waals surface area contributed by atoms with Gasteiger partial charge in [-0.3, -0.25) is 4.90 Å². The van der Waals surface area contributed by atoms with E-state index in [0.29, 0.717) is 6.54 Å². The number of benzene rings is 1. The molecule has 1 heterocycles. The van der Waals surface area contributed by atoms with Crippen LogP contribution in [0.4, 0.5) is 0 Å². The van der Waals surface area contributed by atoms with Gasteiger partial charge in [-0.1, -0.05) is 30.3 Å². The van der Waals surface area contributed by atoms with E-state index < -0.39 is 0 Å². The fourth-order valence-electron chi connectivity index (χ4n) is 1.93. The average molecular weight is 245 g/mol. The molecule has 0 amide bonds. The van der Waals surface area contributed by atoms with Crippen LogP contribution in [-0.4, -0.2) is 23.0 Å². The highest BCUT2D eigenvalue weighted by Gasteiger charge is 2.10. The number of hydrogen-bond donors (Lipinski definition) is 1. The third-order valence-electron chi connectivity index (χ3n) is 2.91. The van der Waals surface area contributed by atoms with Gasteiger partial charge in [0.1, 0.15) is 5.76 Å². The van der Waals surface area contributed by atoms with Crippen molar-refractivity contribution in [3.63, 3.8) is 0 Å². The third kappa shape index (κ3) is 3.42. The van der Waals surface area contributed by atoms with Gasteiger partial charge >= 0.3 is 0 Å². The zero-order valence-corrected chi connectivity index (χ0v) is 10.7. The van der Waals surface area contributed by atoms with Crippen LogP contribution in [0.25, 0.3) is 0 Å². The SMILES string of the molecule is Cc1ocnc1CN(CCN)Cc1ccccc1. The summed E-state index contributed by atoms with van der Waals surface area (Å²) in [6.07, 6.45) is 1.49. The molecule has 1 aromatic carbocycles. The van der Waals surface area contributed by atoms with Crippen LogP contribution in [0.5, 0.6) is 0 Å². The second kappa shape index (κ2) is 6.33. The molecule has 4 nitrogen and oxygen atoms in total. The van der Waals surface area contributed by atoms with Crippen LogP contribution in [0, 0.1) is 6.92 Å². The van der Waals surface area contributed by atoms with Gasteiger partial charge in [0.25, 0.3) is 0 Å². The Morgan fingerprint density at radius 2 is 2.00 bits per heavy atom. The molecule has 0 saturated carbocycles. The van der Waals surface area contributed by atoms with Crippen LogP contribution in [0.2, 0.25) is 0 Å². The van der Waals surface area contributed by atoms with E-state index >= 15 is 0 Å². The predicted molar refractivity (Wildman–Crippen MR) is 70.9 cm³/mol. The van der Waals surface area contributed by atoms with Crippen molar-refractivity contribution in [3.05, 3.63) is 53.7 Å². The molecule has 2 N–H and O–H groups in total. The molecule has 0 aliphatic carbocycles. The zero-order chi connectivity index (χ0) is 12.8. The van der Waals surface area contributed by atoms with Crippen molar-refractivity contribution in [2.45, 2.75) is 20.0 Å². The summed E-state index contributed by atoms with van der Waals surface area (Å²) in [5.74, 6) is 0.880. The lowest BCUT2D eigenvalue weighted by Crippen LogP contribution is -2.29. The maximum atomic E-state index is 5.66. The minimum absolute atomic E-state index is 0.643. The van der Waals surface area contributed by atoms with Gasteiger partial charge in [0.15, 0.2) is 6.39 Å². The lowest BCUT2D eigenvalue weighted by atomic mass is 10.2. The molecule has 0 unspecified atom stereocenters. The van der Waals surface area contributed by atoms with Crippen molar-refractivity contribution in [1.82, 2.24) is 9.88 Å². The molecule has 4 heteroatoms. The molecular weight excluding hydrogens is 226 g/mol. The van der Waals surface area contributed by atoms with Gasteiger partial charge < -0.3 is 10.2 Å². The van der Waals surface area contributed by atoms with Gasteiger partial charge in [0.2, 0.25) is 0 Å². The van der Waals surface area contributed by atoms with E-state index in [0.717, 1.165) is 31.1 Å². The third-order valence-corrected chi connectivity index (χ3v) is 2.91. The number of nitrogens with two attached hydrogens (primary N) is 1. The molecule has 1 aromatic heterocycles. The molecule has 0 bridgehead atoms. The standard InChI is InChI=1S/C14H19N3O/c1-12-14(16-11-18-12)10-17(8-7-15)9-13-5-3-2-4-6-13/h2-6,11H,7-10,15H2,1H3. The maximum absolute atomic E-state index is 5.66. The summed E-state index contributed by atoms with van der Waals surface area (Å²) in [7, 11) is 0. The molecule has 96 valence electrons. The Morgan fingerprint density at radius 1 is 1.22 bits per heavy atom. The van der Waals surface area contributed by atoms with Crippen LogP contribution in [0.3, 0.4) is 0 Å². The van der Waals surface area contributed by atoms with Gasteiger partial charge in [0, 0.05) is 26.2 Å². The first-order chi connectivity index (χ1) is 8.79. The van der Waals surface area contributed by atoms with Gasteiger partial charge in [-0.05, 0) is 12.5 Å². The predicted octanol–water partition coefficient (Wildman–Crippen LogP) is 1.94. The molecule has 18 heavy (non-hydrogen) atoms. The minimum Gasteiger partial charge on any atom is -0.448 e. The summed E-state index contributed by atoms with van der Waals surface area (Å²) in [6, 6.07) is 10.4. The Morgan fingerprint density at radius 3 is 2.61 bits per heavy atom. The Bertz CT molecular complexity index is 467. The Hall–Kier alpha value is -1.65. The smallest absolute Gasteiger partial charge is 0.181 e. The highest BCUT2D eigenvalue weighted by atomic mass is 16.3. The monoisotopic (exact) mass is 245 g/mol. The second-order valence-electron chi connectivity index (χ2n) is 4.34. The van der Waals surface area contributed by atoms with Crippen LogP contribution in [0.15, 0.2) is 41.1 Å². The molecular formula is C14H19N3O. The Labute approximate surface area is 107 Å². The van der Waals surface area contributed by atoms with E-state index in [1.165, 1.54) is 12.0 Å². The van der Waals surface area contributed by atoms with Crippen LogP contribution in [-0.2, 0) is 13.1 Å². The number of aryl methyl sites for hydroxylation is 1. The summed E-state index contributed by atoms with van der Waals surface area (Å²) in [4.78, 5) is 6.51. The molecule has 0 fully saturated rings. The highest BCUT2D eigenvalue weighted by molar-refractivity contribution is 5.15. The molecule has 2 rings (SSSR count). The number of nitrogens with zero attached hydrogens (tertiary/aromatic N) is 2. The van der Waals surface area contributed by atoms with Crippen molar-refractivity contribution < 1.29 is 4.42 Å². The van der Waals surface area contributed by atoms with Gasteiger partial charge in [-0.2, -0.15) is 0 Å². The number of oxazole rings is 1. The van der Waals surface area contributed by atoms with Gasteiger partial charge in [0.05, 0.1) is 5.69 Å². The molecule has 0 saturated heterocycles. The van der Waals surface area contributed by atoms with Crippen LogP contribution in [0.1, 0.15) is 17.0 Å². The number of rotatable bonds is 6. The fraction of sp³-hybridized carbons (Fsp3) is 0.357. The van der Waals surface area contributed by atoms with E-state index in [9.17, 15) is 0 Å². The second-order valence-corrected chi connectivity index (χ2v) is 4.34. The summed E-state index contributed by atoms with van der Waals surface area (Å²) in [5, 5.41) is 0. The summed E-state index contributed by atoms with van der Waals surface area (Å²) in [5.41, 5.74) is 7.93. The van der Waals surface area contributed by atoms with Crippen molar-refractivity contribution in [1.29, 1.82) is 0 Å². The first-order valence-electron chi connectivity index (χ1n) is 6.15. The van der Waals surface area contributed by atoms with E-state index in [2.05, 4.69) is 34.1 Å². The van der Waals surface area contributed by atoms with E-state index in [1.54, 1.807) is 0 Å². The van der Waals surface area contributed by atoms with Gasteiger partial charge in [-0.15, -0.1) is 0 Å². The average Bonchev–Trinajstić information content (AvgIpc) is 2.77. The number of aromatic nitrogens is 1. The molecule has 2 aromatic rings. The van der Waals surface area contributed by atoms with E-state index in [1.807, 2.05) is 13.0 Å². The van der Waals surface area contributed by atoms with Crippen molar-refractivity contribution in [2.75, 3.05) is 13.1 Å². The molecule has 0 radical (unpaired) electrons. The van der Waals surface area contributed by atoms with Crippen LogP contribution >= 0.6 is 0 Å². The van der Waals surface area contributed by atoms with Crippen molar-refractivity contribution in [2.24, 2.45) is 5.73 Å². The summed E-state index contributed by atoms with van der Waals surface area (Å²) >= 11 is 0. The molecule has 0 aliphatic heterocycles. The minimum atomic E-state index is 0.643. The molecule has 0 atom stereocenters. The quantitative estimate of drug-likeness (QED) is 0.845. The topological polar surface area (TPSA) is 55.3 Å². The van der Waals surface area contributed by atoms with Gasteiger partial charge in [-0.25, -0.2) is 4.98 Å². The Kier molecular flexibility index (Phi) is 4.50.